The van der Waals surface area contributed by atoms with Gasteiger partial charge in [0.1, 0.15) is 16.9 Å². The van der Waals surface area contributed by atoms with E-state index in [4.69, 9.17) is 24.9 Å². The van der Waals surface area contributed by atoms with Crippen molar-refractivity contribution in [1.82, 2.24) is 15.0 Å². The fourth-order valence-electron chi connectivity index (χ4n) is 4.77. The van der Waals surface area contributed by atoms with Crippen LogP contribution in [-0.2, 0) is 9.47 Å². The van der Waals surface area contributed by atoms with E-state index in [1.807, 2.05) is 47.6 Å². The molecule has 0 aromatic carbocycles. The van der Waals surface area contributed by atoms with Gasteiger partial charge in [0.15, 0.2) is 17.4 Å². The lowest BCUT2D eigenvalue weighted by atomic mass is 9.94. The SMILES string of the molecule is Cc1ncccc1Oc1cc(Sc2ccccn2)cnc1N1SC=NC1(N)C1COC2(CCCCC2)O1. The average Bonchev–Trinajstić information content (AvgIpc) is 3.51. The molecule has 192 valence electrons. The zero-order valence-electron chi connectivity index (χ0n) is 20.4. The van der Waals surface area contributed by atoms with Crippen LogP contribution in [0.5, 0.6) is 11.5 Å². The van der Waals surface area contributed by atoms with E-state index in [1.54, 1.807) is 24.1 Å². The minimum Gasteiger partial charge on any atom is -0.451 e. The van der Waals surface area contributed by atoms with Gasteiger partial charge in [0, 0.05) is 54.3 Å². The number of aryl methyl sites for hydroxylation is 1. The summed E-state index contributed by atoms with van der Waals surface area (Å²) in [5.74, 6) is -0.0362. The normalized spacial score (nSPS) is 24.6. The molecular weight excluding hydrogens is 508 g/mol. The van der Waals surface area contributed by atoms with Crippen molar-refractivity contribution in [3.05, 3.63) is 60.7 Å². The summed E-state index contributed by atoms with van der Waals surface area (Å²) in [6.07, 6.45) is 9.99. The van der Waals surface area contributed by atoms with E-state index in [0.717, 1.165) is 41.3 Å². The monoisotopic (exact) mass is 536 g/mol. The number of pyridine rings is 3. The van der Waals surface area contributed by atoms with Crippen molar-refractivity contribution in [2.45, 2.75) is 66.6 Å². The summed E-state index contributed by atoms with van der Waals surface area (Å²) in [4.78, 5) is 19.1. The first-order valence-corrected chi connectivity index (χ1v) is 14.0. The molecule has 2 unspecified atom stereocenters. The van der Waals surface area contributed by atoms with E-state index in [0.29, 0.717) is 23.9 Å². The Labute approximate surface area is 224 Å². The molecule has 2 N–H and O–H groups in total. The maximum atomic E-state index is 6.96. The molecule has 0 amide bonds. The Balaban J connectivity index is 1.33. The Bertz CT molecular complexity index is 1290. The molecular formula is C26H28N6O3S2. The van der Waals surface area contributed by atoms with Crippen LogP contribution < -0.4 is 14.8 Å². The van der Waals surface area contributed by atoms with Crippen LogP contribution in [0.1, 0.15) is 37.8 Å². The Morgan fingerprint density at radius 2 is 1.95 bits per heavy atom. The van der Waals surface area contributed by atoms with Crippen molar-refractivity contribution in [2.24, 2.45) is 10.7 Å². The second-order valence-electron chi connectivity index (χ2n) is 9.26. The van der Waals surface area contributed by atoms with Crippen LogP contribution in [0.3, 0.4) is 0 Å². The molecule has 37 heavy (non-hydrogen) atoms. The third kappa shape index (κ3) is 4.94. The van der Waals surface area contributed by atoms with Crippen molar-refractivity contribution < 1.29 is 14.2 Å². The smallest absolute Gasteiger partial charge is 0.225 e. The lowest BCUT2D eigenvalue weighted by molar-refractivity contribution is -0.192. The zero-order chi connectivity index (χ0) is 25.3. The second kappa shape index (κ2) is 10.2. The lowest BCUT2D eigenvalue weighted by Crippen LogP contribution is -2.60. The van der Waals surface area contributed by atoms with Crippen molar-refractivity contribution in [3.8, 4) is 11.5 Å². The number of ether oxygens (including phenoxy) is 3. The van der Waals surface area contributed by atoms with Gasteiger partial charge in [-0.2, -0.15) is 0 Å². The Hall–Kier alpha value is -2.70. The largest absolute Gasteiger partial charge is 0.451 e. The highest BCUT2D eigenvalue weighted by Crippen LogP contribution is 2.47. The van der Waals surface area contributed by atoms with Crippen LogP contribution in [0.25, 0.3) is 0 Å². The first-order chi connectivity index (χ1) is 18.0. The Morgan fingerprint density at radius 3 is 2.76 bits per heavy atom. The molecule has 3 aromatic rings. The maximum Gasteiger partial charge on any atom is 0.225 e. The third-order valence-electron chi connectivity index (χ3n) is 6.72. The second-order valence-corrected chi connectivity index (χ2v) is 11.1. The van der Waals surface area contributed by atoms with Gasteiger partial charge in [-0.1, -0.05) is 24.2 Å². The van der Waals surface area contributed by atoms with Crippen molar-refractivity contribution in [2.75, 3.05) is 10.9 Å². The van der Waals surface area contributed by atoms with Gasteiger partial charge >= 0.3 is 0 Å². The molecule has 1 aliphatic carbocycles. The van der Waals surface area contributed by atoms with E-state index in [-0.39, 0.29) is 0 Å². The van der Waals surface area contributed by atoms with E-state index in [1.165, 1.54) is 30.1 Å². The summed E-state index contributed by atoms with van der Waals surface area (Å²) in [5, 5.41) is 0.863. The highest BCUT2D eigenvalue weighted by Gasteiger charge is 2.54. The first kappa shape index (κ1) is 24.6. The molecule has 9 nitrogen and oxygen atoms in total. The minimum absolute atomic E-state index is 0.371. The number of rotatable bonds is 6. The summed E-state index contributed by atoms with van der Waals surface area (Å²) >= 11 is 2.87. The highest BCUT2D eigenvalue weighted by molar-refractivity contribution is 8.13. The van der Waals surface area contributed by atoms with Gasteiger partial charge in [-0.15, -0.1) is 0 Å². The molecule has 1 saturated carbocycles. The molecule has 1 saturated heterocycles. The zero-order valence-corrected chi connectivity index (χ0v) is 22.1. The van der Waals surface area contributed by atoms with Crippen LogP contribution in [0.2, 0.25) is 0 Å². The predicted octanol–water partition coefficient (Wildman–Crippen LogP) is 5.31. The molecule has 0 radical (unpaired) electrons. The van der Waals surface area contributed by atoms with Gasteiger partial charge in [0.25, 0.3) is 0 Å². The summed E-state index contributed by atoms with van der Waals surface area (Å²) < 4.78 is 21.0. The predicted molar refractivity (Wildman–Crippen MR) is 144 cm³/mol. The van der Waals surface area contributed by atoms with Crippen molar-refractivity contribution in [3.63, 3.8) is 0 Å². The molecule has 2 fully saturated rings. The molecule has 6 rings (SSSR count). The number of hydrogen-bond donors (Lipinski definition) is 1. The number of nitrogens with zero attached hydrogens (tertiary/aromatic N) is 5. The number of hydrogen-bond acceptors (Lipinski definition) is 11. The van der Waals surface area contributed by atoms with Crippen molar-refractivity contribution in [1.29, 1.82) is 0 Å². The highest BCUT2D eigenvalue weighted by atomic mass is 32.2. The van der Waals surface area contributed by atoms with E-state index >= 15 is 0 Å². The third-order valence-corrected chi connectivity index (χ3v) is 8.51. The number of anilines is 1. The van der Waals surface area contributed by atoms with Gasteiger partial charge < -0.3 is 14.2 Å². The first-order valence-electron chi connectivity index (χ1n) is 12.3. The molecule has 3 aromatic heterocycles. The van der Waals surface area contributed by atoms with Crippen LogP contribution in [0.15, 0.2) is 69.9 Å². The summed E-state index contributed by atoms with van der Waals surface area (Å²) in [7, 11) is 0. The minimum atomic E-state index is -1.20. The summed E-state index contributed by atoms with van der Waals surface area (Å²) in [5.41, 5.74) is 9.46. The Kier molecular flexibility index (Phi) is 6.80. The van der Waals surface area contributed by atoms with Crippen LogP contribution in [0, 0.1) is 6.92 Å². The van der Waals surface area contributed by atoms with Crippen LogP contribution in [-0.4, -0.2) is 44.8 Å². The van der Waals surface area contributed by atoms with Gasteiger partial charge in [-0.05, 0) is 44.0 Å². The van der Waals surface area contributed by atoms with Gasteiger partial charge in [-0.3, -0.25) is 10.7 Å². The summed E-state index contributed by atoms with van der Waals surface area (Å²) in [6, 6.07) is 11.5. The van der Waals surface area contributed by atoms with E-state index in [2.05, 4.69) is 15.0 Å². The fourth-order valence-corrected chi connectivity index (χ4v) is 6.42. The maximum absolute atomic E-state index is 6.96. The summed E-state index contributed by atoms with van der Waals surface area (Å²) in [6.45, 7) is 2.28. The molecule has 5 heterocycles. The lowest BCUT2D eigenvalue weighted by Gasteiger charge is -2.38. The molecule has 2 atom stereocenters. The standard InChI is InChI=1S/C26H28N6O3S2/c1-18-20(8-7-13-28-18)34-21-14-19(37-23-9-3-6-12-29-23)15-30-24(21)32-26(27,31-17-36-32)22-16-33-25(35-22)10-4-2-5-11-25/h3,6-9,12-15,17,22H,2,4-5,10-11,16,27H2,1H3. The van der Waals surface area contributed by atoms with Crippen LogP contribution in [0.4, 0.5) is 5.82 Å². The molecule has 11 heteroatoms. The number of aliphatic imine (C=N–C) groups is 1. The Morgan fingerprint density at radius 1 is 1.08 bits per heavy atom. The van der Waals surface area contributed by atoms with Crippen LogP contribution >= 0.6 is 23.7 Å². The average molecular weight is 537 g/mol. The number of nitrogens with two attached hydrogens (primary N) is 1. The number of aromatic nitrogens is 3. The van der Waals surface area contributed by atoms with Gasteiger partial charge in [-0.25, -0.2) is 19.3 Å². The van der Waals surface area contributed by atoms with Crippen molar-refractivity contribution >= 4 is 35.1 Å². The van der Waals surface area contributed by atoms with E-state index in [9.17, 15) is 0 Å². The quantitative estimate of drug-likeness (QED) is 0.417. The van der Waals surface area contributed by atoms with E-state index < -0.39 is 17.7 Å². The fraction of sp³-hybridized carbons (Fsp3) is 0.385. The van der Waals surface area contributed by atoms with Gasteiger partial charge in [0.05, 0.1) is 17.8 Å². The topological polar surface area (TPSA) is 108 Å². The molecule has 3 aliphatic rings. The van der Waals surface area contributed by atoms with Gasteiger partial charge in [0.2, 0.25) is 5.79 Å². The molecule has 0 bridgehead atoms. The molecule has 1 spiro atoms. The molecule has 2 aliphatic heterocycles.